The molecule has 0 fully saturated rings. The number of benzene rings is 2. The zero-order valence-corrected chi connectivity index (χ0v) is 16.3. The Morgan fingerprint density at radius 2 is 2.00 bits per heavy atom. The van der Waals surface area contributed by atoms with Gasteiger partial charge in [0.15, 0.2) is 5.82 Å². The van der Waals surface area contributed by atoms with Crippen LogP contribution in [0, 0.1) is 11.7 Å². The van der Waals surface area contributed by atoms with Crippen molar-refractivity contribution in [2.45, 2.75) is 26.3 Å². The van der Waals surface area contributed by atoms with E-state index in [1.54, 1.807) is 6.07 Å². The van der Waals surface area contributed by atoms with Gasteiger partial charge in [0, 0.05) is 17.2 Å². The molecule has 1 heterocycles. The molecule has 2 aromatic carbocycles. The van der Waals surface area contributed by atoms with Crippen LogP contribution < -0.4 is 11.1 Å². The fourth-order valence-electron chi connectivity index (χ4n) is 2.69. The molecule has 3 rings (SSSR count). The van der Waals surface area contributed by atoms with Crippen LogP contribution in [-0.2, 0) is 17.8 Å². The minimum Gasteiger partial charge on any atom is -0.326 e. The summed E-state index contributed by atoms with van der Waals surface area (Å²) >= 11 is 0. The fraction of sp³-hybridized carbons (Fsp3) is 0.250. The monoisotopic (exact) mass is 403 g/mol. The zero-order chi connectivity index (χ0) is 19.2. The smallest absolute Gasteiger partial charge is 0.227 e. The standard InChI is InChI=1S/C20H22FN5O.ClH/c1-13(5-6-14-3-2-4-16(21)11-14)20(27)23-17-9-7-15(8-10-17)19-24-18(12-22)25-26-19;/h2-4,7-11,13H,5-6,12,22H2,1H3,(H,23,27)(H,24,25,26);1H. The summed E-state index contributed by atoms with van der Waals surface area (Å²) in [6.45, 7) is 2.17. The first-order chi connectivity index (χ1) is 13.0. The van der Waals surface area contributed by atoms with Crippen molar-refractivity contribution in [1.29, 1.82) is 0 Å². The average molecular weight is 404 g/mol. The number of hydrogen-bond donors (Lipinski definition) is 3. The number of aromatic nitrogens is 3. The van der Waals surface area contributed by atoms with Crippen LogP contribution >= 0.6 is 12.4 Å². The van der Waals surface area contributed by atoms with Crippen LogP contribution in [0.5, 0.6) is 0 Å². The quantitative estimate of drug-likeness (QED) is 0.560. The van der Waals surface area contributed by atoms with Crippen LogP contribution in [0.25, 0.3) is 11.4 Å². The first kappa shape index (κ1) is 21.5. The van der Waals surface area contributed by atoms with Gasteiger partial charge in [-0.3, -0.25) is 9.89 Å². The molecule has 1 aromatic heterocycles. The molecule has 0 bridgehead atoms. The maximum Gasteiger partial charge on any atom is 0.227 e. The summed E-state index contributed by atoms with van der Waals surface area (Å²) in [5, 5.41) is 9.78. The summed E-state index contributed by atoms with van der Waals surface area (Å²) in [4.78, 5) is 16.6. The summed E-state index contributed by atoms with van der Waals surface area (Å²) in [7, 11) is 0. The molecule has 0 aliphatic rings. The lowest BCUT2D eigenvalue weighted by molar-refractivity contribution is -0.119. The summed E-state index contributed by atoms with van der Waals surface area (Å²) in [5.41, 5.74) is 7.95. The molecule has 8 heteroatoms. The molecular formula is C20H23ClFN5O. The lowest BCUT2D eigenvalue weighted by Crippen LogP contribution is -2.20. The Balaban J connectivity index is 0.00000280. The van der Waals surface area contributed by atoms with Crippen LogP contribution in [0.3, 0.4) is 0 Å². The van der Waals surface area contributed by atoms with Crippen molar-refractivity contribution in [2.75, 3.05) is 5.32 Å². The summed E-state index contributed by atoms with van der Waals surface area (Å²) in [6, 6.07) is 13.8. The molecule has 0 saturated heterocycles. The highest BCUT2D eigenvalue weighted by Crippen LogP contribution is 2.19. The second kappa shape index (κ2) is 9.96. The molecule has 4 N–H and O–H groups in total. The van der Waals surface area contributed by atoms with Gasteiger partial charge >= 0.3 is 0 Å². The van der Waals surface area contributed by atoms with E-state index >= 15 is 0 Å². The van der Waals surface area contributed by atoms with E-state index in [4.69, 9.17) is 5.73 Å². The second-order valence-corrected chi connectivity index (χ2v) is 6.45. The van der Waals surface area contributed by atoms with Crippen molar-refractivity contribution in [3.63, 3.8) is 0 Å². The molecule has 28 heavy (non-hydrogen) atoms. The molecule has 6 nitrogen and oxygen atoms in total. The van der Waals surface area contributed by atoms with E-state index in [1.165, 1.54) is 12.1 Å². The first-order valence-electron chi connectivity index (χ1n) is 8.82. The molecule has 148 valence electrons. The SMILES string of the molecule is CC(CCc1cccc(F)c1)C(=O)Nc1ccc(-c2n[nH]c(CN)n2)cc1.Cl. The third kappa shape index (κ3) is 5.61. The molecule has 0 spiro atoms. The van der Waals surface area contributed by atoms with Crippen molar-refractivity contribution >= 4 is 24.0 Å². The number of H-pyrrole nitrogens is 1. The molecular weight excluding hydrogens is 381 g/mol. The molecule has 0 saturated carbocycles. The Labute approximate surface area is 169 Å². The van der Waals surface area contributed by atoms with Crippen LogP contribution in [0.15, 0.2) is 48.5 Å². The van der Waals surface area contributed by atoms with Crippen molar-refractivity contribution < 1.29 is 9.18 Å². The first-order valence-corrected chi connectivity index (χ1v) is 8.82. The number of anilines is 1. The Kier molecular flexibility index (Phi) is 7.66. The van der Waals surface area contributed by atoms with Gasteiger partial charge in [0.1, 0.15) is 11.6 Å². The van der Waals surface area contributed by atoms with Crippen molar-refractivity contribution in [3.8, 4) is 11.4 Å². The molecule has 0 aliphatic carbocycles. The Morgan fingerprint density at radius 1 is 1.25 bits per heavy atom. The number of halogens is 2. The maximum atomic E-state index is 13.2. The van der Waals surface area contributed by atoms with E-state index in [1.807, 2.05) is 37.3 Å². The van der Waals surface area contributed by atoms with E-state index < -0.39 is 0 Å². The minimum atomic E-state index is -0.255. The fourth-order valence-corrected chi connectivity index (χ4v) is 2.69. The molecule has 1 atom stereocenters. The minimum absolute atomic E-state index is 0. The molecule has 0 aliphatic heterocycles. The lowest BCUT2D eigenvalue weighted by Gasteiger charge is -2.12. The van der Waals surface area contributed by atoms with E-state index in [-0.39, 0.29) is 30.0 Å². The third-order valence-corrected chi connectivity index (χ3v) is 4.34. The predicted octanol–water partition coefficient (Wildman–Crippen LogP) is 3.70. The van der Waals surface area contributed by atoms with Crippen LogP contribution in [-0.4, -0.2) is 21.1 Å². The van der Waals surface area contributed by atoms with E-state index in [9.17, 15) is 9.18 Å². The number of nitrogens with two attached hydrogens (primary N) is 1. The van der Waals surface area contributed by atoms with Gasteiger partial charge in [0.05, 0.1) is 6.54 Å². The molecule has 1 unspecified atom stereocenters. The maximum absolute atomic E-state index is 13.2. The highest BCUT2D eigenvalue weighted by molar-refractivity contribution is 5.92. The second-order valence-electron chi connectivity index (χ2n) is 6.45. The van der Waals surface area contributed by atoms with Crippen LogP contribution in [0.1, 0.15) is 24.7 Å². The van der Waals surface area contributed by atoms with Gasteiger partial charge < -0.3 is 11.1 Å². The molecule has 0 radical (unpaired) electrons. The Bertz CT molecular complexity index is 913. The van der Waals surface area contributed by atoms with Crippen molar-refractivity contribution in [1.82, 2.24) is 15.2 Å². The van der Waals surface area contributed by atoms with Gasteiger partial charge in [0.2, 0.25) is 5.91 Å². The predicted molar refractivity (Wildman–Crippen MR) is 109 cm³/mol. The Hall–Kier alpha value is -2.77. The van der Waals surface area contributed by atoms with Gasteiger partial charge in [-0.25, -0.2) is 9.37 Å². The van der Waals surface area contributed by atoms with Gasteiger partial charge in [-0.15, -0.1) is 12.4 Å². The topological polar surface area (TPSA) is 96.7 Å². The number of aromatic amines is 1. The number of amides is 1. The number of rotatable bonds is 7. The number of carbonyl (C=O) groups is 1. The highest BCUT2D eigenvalue weighted by Gasteiger charge is 2.14. The average Bonchev–Trinajstić information content (AvgIpc) is 3.16. The van der Waals surface area contributed by atoms with Gasteiger partial charge in [0.25, 0.3) is 0 Å². The van der Waals surface area contributed by atoms with Gasteiger partial charge in [-0.05, 0) is 54.8 Å². The zero-order valence-electron chi connectivity index (χ0n) is 15.5. The van der Waals surface area contributed by atoms with Crippen molar-refractivity contribution in [2.24, 2.45) is 11.7 Å². The number of nitrogens with one attached hydrogen (secondary N) is 2. The summed E-state index contributed by atoms with van der Waals surface area (Å²) in [6.07, 6.45) is 1.30. The summed E-state index contributed by atoms with van der Waals surface area (Å²) in [5.74, 6) is 0.677. The highest BCUT2D eigenvalue weighted by atomic mass is 35.5. The third-order valence-electron chi connectivity index (χ3n) is 4.34. The molecule has 3 aromatic rings. The molecule has 1 amide bonds. The summed E-state index contributed by atoms with van der Waals surface area (Å²) < 4.78 is 13.2. The van der Waals surface area contributed by atoms with Gasteiger partial charge in [-0.2, -0.15) is 5.10 Å². The Morgan fingerprint density at radius 3 is 2.64 bits per heavy atom. The van der Waals surface area contributed by atoms with E-state index in [2.05, 4.69) is 20.5 Å². The normalized spacial score (nSPS) is 11.5. The van der Waals surface area contributed by atoms with E-state index in [0.29, 0.717) is 36.7 Å². The van der Waals surface area contributed by atoms with E-state index in [0.717, 1.165) is 11.1 Å². The number of nitrogens with zero attached hydrogens (tertiary/aromatic N) is 2. The number of carbonyl (C=O) groups excluding carboxylic acids is 1. The lowest BCUT2D eigenvalue weighted by atomic mass is 10.00. The van der Waals surface area contributed by atoms with Gasteiger partial charge in [-0.1, -0.05) is 19.1 Å². The van der Waals surface area contributed by atoms with Crippen LogP contribution in [0.2, 0.25) is 0 Å². The number of hydrogen-bond acceptors (Lipinski definition) is 4. The number of aryl methyl sites for hydroxylation is 1. The largest absolute Gasteiger partial charge is 0.326 e. The van der Waals surface area contributed by atoms with Crippen molar-refractivity contribution in [3.05, 3.63) is 65.7 Å². The van der Waals surface area contributed by atoms with Crippen LogP contribution in [0.4, 0.5) is 10.1 Å².